The van der Waals surface area contributed by atoms with Crippen LogP contribution in [-0.4, -0.2) is 62.7 Å². The van der Waals surface area contributed by atoms with Crippen LogP contribution in [0.2, 0.25) is 0 Å². The summed E-state index contributed by atoms with van der Waals surface area (Å²) in [5.41, 5.74) is -0.429. The summed E-state index contributed by atoms with van der Waals surface area (Å²) < 4.78 is 10.2. The molecule has 2 heterocycles. The van der Waals surface area contributed by atoms with Gasteiger partial charge in [-0.1, -0.05) is 24.3 Å². The summed E-state index contributed by atoms with van der Waals surface area (Å²) in [6.45, 7) is 11.9. The van der Waals surface area contributed by atoms with E-state index in [-0.39, 0.29) is 24.3 Å². The smallest absolute Gasteiger partial charge is 0.407 e. The molecule has 0 bridgehead atoms. The summed E-state index contributed by atoms with van der Waals surface area (Å²) in [4.78, 5) is 23.1. The van der Waals surface area contributed by atoms with Gasteiger partial charge in [0.2, 0.25) is 0 Å². The van der Waals surface area contributed by atoms with E-state index in [9.17, 15) is 9.59 Å². The van der Waals surface area contributed by atoms with Crippen molar-refractivity contribution < 1.29 is 19.1 Å². The van der Waals surface area contributed by atoms with Crippen LogP contribution in [0.4, 0.5) is 9.59 Å². The first kappa shape index (κ1) is 24.6. The molecule has 6 unspecified atom stereocenters. The van der Waals surface area contributed by atoms with E-state index in [4.69, 9.17) is 9.47 Å². The summed E-state index contributed by atoms with van der Waals surface area (Å²) >= 11 is 0. The van der Waals surface area contributed by atoms with Crippen LogP contribution in [0.1, 0.15) is 40.5 Å². The maximum atomic E-state index is 11.7. The van der Waals surface area contributed by atoms with Crippen molar-refractivity contribution in [3.8, 4) is 0 Å². The number of nitrogens with one attached hydrogen (secondary N) is 4. The van der Waals surface area contributed by atoms with Gasteiger partial charge in [-0.15, -0.1) is 0 Å². The molecule has 8 nitrogen and oxygen atoms in total. The topological polar surface area (TPSA) is 101 Å². The molecule has 0 aromatic rings. The lowest BCUT2D eigenvalue weighted by Gasteiger charge is -2.31. The predicted octanol–water partition coefficient (Wildman–Crippen LogP) is 2.57. The second-order valence-electron chi connectivity index (χ2n) is 10.0. The Hall–Kier alpha value is -2.06. The molecule has 0 radical (unpaired) electrons. The van der Waals surface area contributed by atoms with Gasteiger partial charge < -0.3 is 30.7 Å². The van der Waals surface area contributed by atoms with Crippen molar-refractivity contribution >= 4 is 12.2 Å². The fourth-order valence-electron chi connectivity index (χ4n) is 5.01. The largest absolute Gasteiger partial charge is 0.450 e. The van der Waals surface area contributed by atoms with Crippen molar-refractivity contribution in [3.63, 3.8) is 0 Å². The van der Waals surface area contributed by atoms with Crippen LogP contribution in [0.15, 0.2) is 24.3 Å². The number of carbonyl (C=O) groups is 2. The zero-order chi connectivity index (χ0) is 23.1. The molecule has 180 valence electrons. The molecule has 4 aliphatic rings. The summed E-state index contributed by atoms with van der Waals surface area (Å²) in [6, 6.07) is 0.434. The number of ether oxygens (including phenoxy) is 2. The molecule has 4 N–H and O–H groups in total. The molecule has 2 fully saturated rings. The van der Waals surface area contributed by atoms with Gasteiger partial charge in [-0.2, -0.15) is 0 Å². The minimum Gasteiger partial charge on any atom is -0.450 e. The Balaban J connectivity index is 0.000000182. The molecule has 0 aromatic heterocycles. The highest BCUT2D eigenvalue weighted by Crippen LogP contribution is 2.29. The number of fused-ring (bicyclic) bond motifs is 2. The predicted molar refractivity (Wildman–Crippen MR) is 124 cm³/mol. The normalized spacial score (nSPS) is 32.8. The number of amides is 2. The molecule has 0 saturated carbocycles. The molecule has 4 rings (SSSR count). The highest BCUT2D eigenvalue weighted by Gasteiger charge is 2.36. The van der Waals surface area contributed by atoms with E-state index in [0.717, 1.165) is 39.0 Å². The molecule has 0 aromatic carbocycles. The average molecular weight is 449 g/mol. The Morgan fingerprint density at radius 3 is 1.84 bits per heavy atom. The summed E-state index contributed by atoms with van der Waals surface area (Å²) in [7, 11) is 0. The maximum absolute atomic E-state index is 11.7. The average Bonchev–Trinajstić information content (AvgIpc) is 3.37. The highest BCUT2D eigenvalue weighted by atomic mass is 16.6. The molecule has 0 spiro atoms. The zero-order valence-electron chi connectivity index (χ0n) is 19.9. The van der Waals surface area contributed by atoms with Crippen LogP contribution in [0.25, 0.3) is 0 Å². The molecule has 2 aliphatic heterocycles. The molecule has 8 heteroatoms. The molecule has 2 aliphatic carbocycles. The van der Waals surface area contributed by atoms with Crippen LogP contribution in [0.3, 0.4) is 0 Å². The lowest BCUT2D eigenvalue weighted by Crippen LogP contribution is -2.45. The fraction of sp³-hybridized carbons (Fsp3) is 0.750. The van der Waals surface area contributed by atoms with Crippen LogP contribution < -0.4 is 21.3 Å². The van der Waals surface area contributed by atoms with Gasteiger partial charge in [-0.3, -0.25) is 0 Å². The van der Waals surface area contributed by atoms with E-state index in [1.54, 1.807) is 0 Å². The molecular weight excluding hydrogens is 408 g/mol. The summed E-state index contributed by atoms with van der Waals surface area (Å²) in [6.07, 6.45) is 10.1. The monoisotopic (exact) mass is 448 g/mol. The van der Waals surface area contributed by atoms with Crippen molar-refractivity contribution in [2.75, 3.05) is 32.8 Å². The number of hydrogen-bond acceptors (Lipinski definition) is 6. The summed E-state index contributed by atoms with van der Waals surface area (Å²) in [5.74, 6) is 2.17. The van der Waals surface area contributed by atoms with Crippen molar-refractivity contribution in [1.82, 2.24) is 21.3 Å². The number of hydrogen-bond donors (Lipinski definition) is 4. The maximum Gasteiger partial charge on any atom is 0.407 e. The molecular formula is C24H40N4O4. The van der Waals surface area contributed by atoms with Gasteiger partial charge in [0.05, 0.1) is 6.61 Å². The number of rotatable bonds is 3. The third-order valence-corrected chi connectivity index (χ3v) is 6.48. The van der Waals surface area contributed by atoms with Crippen molar-refractivity contribution in [2.24, 2.45) is 23.7 Å². The van der Waals surface area contributed by atoms with Gasteiger partial charge in [-0.05, 0) is 64.2 Å². The van der Waals surface area contributed by atoms with Gasteiger partial charge in [0.25, 0.3) is 0 Å². The summed E-state index contributed by atoms with van der Waals surface area (Å²) in [5, 5.41) is 12.7. The van der Waals surface area contributed by atoms with Crippen LogP contribution in [0, 0.1) is 23.7 Å². The second-order valence-corrected chi connectivity index (χ2v) is 10.0. The lowest BCUT2D eigenvalue weighted by atomic mass is 9.83. The minimum absolute atomic E-state index is 0.204. The quantitative estimate of drug-likeness (QED) is 0.495. The third-order valence-electron chi connectivity index (χ3n) is 6.48. The van der Waals surface area contributed by atoms with Crippen molar-refractivity contribution in [2.45, 2.75) is 58.2 Å². The third kappa shape index (κ3) is 6.97. The van der Waals surface area contributed by atoms with E-state index >= 15 is 0 Å². The van der Waals surface area contributed by atoms with E-state index in [1.807, 2.05) is 27.7 Å². The van der Waals surface area contributed by atoms with Gasteiger partial charge in [0.1, 0.15) is 5.60 Å². The first-order valence-electron chi connectivity index (χ1n) is 11.9. The van der Waals surface area contributed by atoms with E-state index in [2.05, 4.69) is 45.6 Å². The Bertz CT molecular complexity index is 703. The Kier molecular flexibility index (Phi) is 8.59. The first-order valence-corrected chi connectivity index (χ1v) is 11.9. The molecule has 6 atom stereocenters. The van der Waals surface area contributed by atoms with Crippen molar-refractivity contribution in [1.29, 1.82) is 0 Å². The lowest BCUT2D eigenvalue weighted by molar-refractivity contribution is 0.0482. The van der Waals surface area contributed by atoms with Crippen LogP contribution >= 0.6 is 0 Å². The van der Waals surface area contributed by atoms with E-state index in [1.165, 1.54) is 0 Å². The van der Waals surface area contributed by atoms with Crippen LogP contribution in [-0.2, 0) is 9.47 Å². The van der Waals surface area contributed by atoms with Crippen LogP contribution in [0.5, 0.6) is 0 Å². The molecule has 2 amide bonds. The van der Waals surface area contributed by atoms with Gasteiger partial charge in [0, 0.05) is 38.3 Å². The van der Waals surface area contributed by atoms with E-state index in [0.29, 0.717) is 30.3 Å². The standard InChI is InChI=1S/C13H22N2O2.C11H18N2O2/c1-13(2,3)17-12(16)15-11-6-4-5-9-7-14-8-10(9)11;1-2-15-11(14)13-10-5-3-4-8-6-12-7-9(8)10/h4-5,9-11,14H,6-8H2,1-3H3,(H,15,16);3-4,8-10,12H,2,5-7H2,1H3,(H,13,14). The Morgan fingerprint density at radius 2 is 1.38 bits per heavy atom. The number of alkyl carbamates (subject to hydrolysis) is 2. The Labute approximate surface area is 191 Å². The molecule has 32 heavy (non-hydrogen) atoms. The van der Waals surface area contributed by atoms with Crippen molar-refractivity contribution in [3.05, 3.63) is 24.3 Å². The Morgan fingerprint density at radius 1 is 0.875 bits per heavy atom. The fourth-order valence-corrected chi connectivity index (χ4v) is 5.01. The van der Waals surface area contributed by atoms with Gasteiger partial charge in [-0.25, -0.2) is 9.59 Å². The minimum atomic E-state index is -0.429. The second kappa shape index (κ2) is 11.2. The first-order chi connectivity index (χ1) is 15.3. The van der Waals surface area contributed by atoms with Gasteiger partial charge >= 0.3 is 12.2 Å². The SMILES string of the molecule is CC(C)(C)OC(=O)NC1CC=CC2CNCC21.CCOC(=O)NC1CC=CC2CNCC21. The van der Waals surface area contributed by atoms with E-state index < -0.39 is 5.60 Å². The molecule has 2 saturated heterocycles. The highest BCUT2D eigenvalue weighted by molar-refractivity contribution is 5.68. The van der Waals surface area contributed by atoms with Gasteiger partial charge in [0.15, 0.2) is 0 Å². The zero-order valence-corrected chi connectivity index (χ0v) is 19.9. The number of carbonyl (C=O) groups excluding carboxylic acids is 2.